The van der Waals surface area contributed by atoms with Gasteiger partial charge in [-0.3, -0.25) is 9.00 Å². The van der Waals surface area contributed by atoms with Crippen LogP contribution < -0.4 is 11.1 Å². The molecular formula is C14H21BrN2O2S. The molecule has 6 heteroatoms. The number of amides is 1. The minimum Gasteiger partial charge on any atom is -0.398 e. The maximum Gasteiger partial charge on any atom is 0.236 e. The van der Waals surface area contributed by atoms with Crippen molar-refractivity contribution in [1.82, 2.24) is 5.32 Å². The van der Waals surface area contributed by atoms with Crippen molar-refractivity contribution in [2.75, 3.05) is 5.73 Å². The molecule has 0 bridgehead atoms. The Labute approximate surface area is 131 Å². The number of rotatable bonds is 5. The maximum atomic E-state index is 12.5. The van der Waals surface area contributed by atoms with Gasteiger partial charge in [-0.25, -0.2) is 0 Å². The van der Waals surface area contributed by atoms with Crippen molar-refractivity contribution < 1.29 is 9.00 Å². The Hall–Kier alpha value is -0.880. The second-order valence-corrected chi connectivity index (χ2v) is 8.01. The van der Waals surface area contributed by atoms with Crippen LogP contribution in [0.5, 0.6) is 0 Å². The second kappa shape index (κ2) is 6.72. The third-order valence-electron chi connectivity index (χ3n) is 3.23. The van der Waals surface area contributed by atoms with E-state index in [-0.39, 0.29) is 11.4 Å². The summed E-state index contributed by atoms with van der Waals surface area (Å²) in [6.45, 7) is 7.52. The summed E-state index contributed by atoms with van der Waals surface area (Å²) in [5, 5.41) is 2.25. The van der Waals surface area contributed by atoms with Gasteiger partial charge in [-0.15, -0.1) is 0 Å². The molecule has 4 nitrogen and oxygen atoms in total. The van der Waals surface area contributed by atoms with E-state index < -0.39 is 16.0 Å². The molecule has 3 N–H and O–H groups in total. The van der Waals surface area contributed by atoms with Gasteiger partial charge in [0.15, 0.2) is 0 Å². The third-order valence-corrected chi connectivity index (χ3v) is 5.36. The highest BCUT2D eigenvalue weighted by Crippen LogP contribution is 2.24. The smallest absolute Gasteiger partial charge is 0.236 e. The molecule has 2 atom stereocenters. The van der Waals surface area contributed by atoms with Crippen molar-refractivity contribution in [2.24, 2.45) is 0 Å². The van der Waals surface area contributed by atoms with Crippen LogP contribution in [0.3, 0.4) is 0 Å². The van der Waals surface area contributed by atoms with Gasteiger partial charge in [0, 0.05) is 15.7 Å². The van der Waals surface area contributed by atoms with E-state index in [9.17, 15) is 9.00 Å². The zero-order chi connectivity index (χ0) is 15.5. The van der Waals surface area contributed by atoms with Crippen molar-refractivity contribution in [1.29, 1.82) is 0 Å². The third kappa shape index (κ3) is 4.31. The number of benzene rings is 1. The topological polar surface area (TPSA) is 72.2 Å². The van der Waals surface area contributed by atoms with Crippen LogP contribution in [0.4, 0.5) is 5.69 Å². The summed E-state index contributed by atoms with van der Waals surface area (Å²) in [7, 11) is -1.48. The van der Waals surface area contributed by atoms with E-state index in [1.807, 2.05) is 20.8 Å². The standard InChI is InChI=1S/C14H21BrN2O2S/c1-5-14(3,4)17-13(18)9(2)20(19)12-8-10(15)6-7-11(12)16/h6-9H,5,16H2,1-4H3,(H,17,18). The number of nitrogen functional groups attached to an aromatic ring is 1. The van der Waals surface area contributed by atoms with Crippen molar-refractivity contribution in [3.8, 4) is 0 Å². The Balaban J connectivity index is 2.91. The van der Waals surface area contributed by atoms with Crippen LogP contribution in [0.15, 0.2) is 27.6 Å². The van der Waals surface area contributed by atoms with E-state index >= 15 is 0 Å². The quantitative estimate of drug-likeness (QED) is 0.793. The first-order chi connectivity index (χ1) is 9.18. The first-order valence-corrected chi connectivity index (χ1v) is 8.46. The van der Waals surface area contributed by atoms with Crippen LogP contribution in [0.25, 0.3) is 0 Å². The first-order valence-electron chi connectivity index (χ1n) is 6.45. The maximum absolute atomic E-state index is 12.5. The molecular weight excluding hydrogens is 340 g/mol. The lowest BCUT2D eigenvalue weighted by Gasteiger charge is -2.26. The SMILES string of the molecule is CCC(C)(C)NC(=O)C(C)S(=O)c1cc(Br)ccc1N. The number of nitrogens with one attached hydrogen (secondary N) is 1. The van der Waals surface area contributed by atoms with Gasteiger partial charge >= 0.3 is 0 Å². The van der Waals surface area contributed by atoms with Gasteiger partial charge in [-0.05, 0) is 45.4 Å². The molecule has 0 fully saturated rings. The molecule has 20 heavy (non-hydrogen) atoms. The Morgan fingerprint density at radius 2 is 2.10 bits per heavy atom. The Morgan fingerprint density at radius 3 is 2.65 bits per heavy atom. The summed E-state index contributed by atoms with van der Waals surface area (Å²) in [4.78, 5) is 12.7. The molecule has 0 aromatic heterocycles. The molecule has 0 aliphatic carbocycles. The summed E-state index contributed by atoms with van der Waals surface area (Å²) >= 11 is 3.32. The second-order valence-electron chi connectivity index (χ2n) is 5.35. The summed E-state index contributed by atoms with van der Waals surface area (Å²) < 4.78 is 13.3. The number of hydrogen-bond acceptors (Lipinski definition) is 3. The van der Waals surface area contributed by atoms with Crippen LogP contribution in [0, 0.1) is 0 Å². The van der Waals surface area contributed by atoms with Crippen molar-refractivity contribution in [3.05, 3.63) is 22.7 Å². The van der Waals surface area contributed by atoms with Crippen LogP contribution in [-0.2, 0) is 15.6 Å². The molecule has 0 heterocycles. The first kappa shape index (κ1) is 17.2. The summed E-state index contributed by atoms with van der Waals surface area (Å²) in [6.07, 6.45) is 0.803. The number of hydrogen-bond donors (Lipinski definition) is 2. The average molecular weight is 361 g/mol. The van der Waals surface area contributed by atoms with E-state index in [2.05, 4.69) is 21.2 Å². The fourth-order valence-corrected chi connectivity index (χ4v) is 3.18. The van der Waals surface area contributed by atoms with Gasteiger partial charge in [-0.1, -0.05) is 22.9 Å². The highest BCUT2D eigenvalue weighted by atomic mass is 79.9. The Kier molecular flexibility index (Phi) is 5.77. The fourth-order valence-electron chi connectivity index (χ4n) is 1.49. The highest BCUT2D eigenvalue weighted by molar-refractivity contribution is 9.10. The van der Waals surface area contributed by atoms with E-state index in [1.165, 1.54) is 0 Å². The van der Waals surface area contributed by atoms with Crippen molar-refractivity contribution >= 4 is 38.3 Å². The number of carbonyl (C=O) groups is 1. The number of anilines is 1. The van der Waals surface area contributed by atoms with Crippen LogP contribution in [-0.4, -0.2) is 20.9 Å². The number of carbonyl (C=O) groups excluding carboxylic acids is 1. The summed E-state index contributed by atoms with van der Waals surface area (Å²) in [6, 6.07) is 5.15. The summed E-state index contributed by atoms with van der Waals surface area (Å²) in [5.41, 5.74) is 5.96. The van der Waals surface area contributed by atoms with Crippen LogP contribution in [0.1, 0.15) is 34.1 Å². The Morgan fingerprint density at radius 1 is 1.50 bits per heavy atom. The lowest BCUT2D eigenvalue weighted by Crippen LogP contribution is -2.47. The van der Waals surface area contributed by atoms with Crippen LogP contribution in [0.2, 0.25) is 0 Å². The predicted molar refractivity (Wildman–Crippen MR) is 86.9 cm³/mol. The molecule has 112 valence electrons. The van der Waals surface area contributed by atoms with Crippen molar-refractivity contribution in [2.45, 2.75) is 49.8 Å². The molecule has 0 spiro atoms. The van der Waals surface area contributed by atoms with Gasteiger partial charge in [-0.2, -0.15) is 0 Å². The van der Waals surface area contributed by atoms with E-state index in [0.29, 0.717) is 10.6 Å². The van der Waals surface area contributed by atoms with E-state index in [1.54, 1.807) is 25.1 Å². The fraction of sp³-hybridized carbons (Fsp3) is 0.500. The van der Waals surface area contributed by atoms with Gasteiger partial charge < -0.3 is 11.1 Å². The Bertz CT molecular complexity index is 532. The van der Waals surface area contributed by atoms with Gasteiger partial charge in [0.2, 0.25) is 5.91 Å². The molecule has 0 saturated heterocycles. The average Bonchev–Trinajstić information content (AvgIpc) is 2.39. The molecule has 0 radical (unpaired) electrons. The molecule has 0 saturated carbocycles. The molecule has 1 aromatic carbocycles. The molecule has 0 aliphatic heterocycles. The monoisotopic (exact) mass is 360 g/mol. The lowest BCUT2D eigenvalue weighted by molar-refractivity contribution is -0.121. The molecule has 1 amide bonds. The highest BCUT2D eigenvalue weighted by Gasteiger charge is 2.27. The minimum atomic E-state index is -1.48. The summed E-state index contributed by atoms with van der Waals surface area (Å²) in [5.74, 6) is -0.227. The normalized spacial score (nSPS) is 14.7. The van der Waals surface area contributed by atoms with E-state index in [4.69, 9.17) is 5.73 Å². The predicted octanol–water partition coefficient (Wildman–Crippen LogP) is 2.83. The zero-order valence-electron chi connectivity index (χ0n) is 12.2. The molecule has 2 unspecified atom stereocenters. The van der Waals surface area contributed by atoms with E-state index in [0.717, 1.165) is 10.9 Å². The van der Waals surface area contributed by atoms with Gasteiger partial charge in [0.1, 0.15) is 5.25 Å². The molecule has 0 aliphatic rings. The van der Waals surface area contributed by atoms with Crippen molar-refractivity contribution in [3.63, 3.8) is 0 Å². The van der Waals surface area contributed by atoms with Gasteiger partial charge in [0.25, 0.3) is 0 Å². The minimum absolute atomic E-state index is 0.227. The molecule has 1 aromatic rings. The molecule has 1 rings (SSSR count). The zero-order valence-corrected chi connectivity index (χ0v) is 14.6. The number of nitrogens with two attached hydrogens (primary N) is 1. The largest absolute Gasteiger partial charge is 0.398 e. The lowest BCUT2D eigenvalue weighted by atomic mass is 10.0. The number of halogens is 1. The van der Waals surface area contributed by atoms with Gasteiger partial charge in [0.05, 0.1) is 15.7 Å². The van der Waals surface area contributed by atoms with Crippen LogP contribution >= 0.6 is 15.9 Å².